The van der Waals surface area contributed by atoms with Crippen molar-refractivity contribution in [3.05, 3.63) is 59.0 Å². The van der Waals surface area contributed by atoms with Crippen LogP contribution in [0.3, 0.4) is 0 Å². The largest absolute Gasteiger partial charge is 0.465 e. The van der Waals surface area contributed by atoms with E-state index >= 15 is 0 Å². The average Bonchev–Trinajstić information content (AvgIpc) is 2.73. The molecule has 0 saturated heterocycles. The lowest BCUT2D eigenvalue weighted by atomic mass is 10.0. The normalized spacial score (nSPS) is 12.6. The maximum absolute atomic E-state index is 5.54. The standard InChI is InChI=1S/C15H19NO/c1-11-6-4-5-7-15(11)13(3)16-10-14-9-8-12(2)17-14/h4-9,13,16H,10H2,1-3H3/t13-/m1/s1. The smallest absolute Gasteiger partial charge is 0.117 e. The van der Waals surface area contributed by atoms with Crippen molar-refractivity contribution in [3.63, 3.8) is 0 Å². The van der Waals surface area contributed by atoms with Gasteiger partial charge in [-0.15, -0.1) is 0 Å². The summed E-state index contributed by atoms with van der Waals surface area (Å²) in [4.78, 5) is 0. The van der Waals surface area contributed by atoms with E-state index in [1.54, 1.807) is 0 Å². The third-order valence-electron chi connectivity index (χ3n) is 3.03. The van der Waals surface area contributed by atoms with Crippen LogP contribution in [0.25, 0.3) is 0 Å². The van der Waals surface area contributed by atoms with Crippen LogP contribution in [0.5, 0.6) is 0 Å². The van der Waals surface area contributed by atoms with Gasteiger partial charge in [-0.05, 0) is 44.0 Å². The Labute approximate surface area is 103 Å². The maximum atomic E-state index is 5.54. The lowest BCUT2D eigenvalue weighted by Gasteiger charge is -2.15. The van der Waals surface area contributed by atoms with Gasteiger partial charge in [0, 0.05) is 6.04 Å². The van der Waals surface area contributed by atoms with Crippen LogP contribution in [-0.4, -0.2) is 0 Å². The number of benzene rings is 1. The molecule has 1 aromatic heterocycles. The van der Waals surface area contributed by atoms with Gasteiger partial charge in [0.05, 0.1) is 6.54 Å². The molecule has 0 fully saturated rings. The van der Waals surface area contributed by atoms with E-state index in [0.29, 0.717) is 6.04 Å². The predicted octanol–water partition coefficient (Wildman–Crippen LogP) is 3.75. The van der Waals surface area contributed by atoms with Gasteiger partial charge in [0.2, 0.25) is 0 Å². The second-order valence-electron chi connectivity index (χ2n) is 4.47. The first-order chi connectivity index (χ1) is 8.16. The van der Waals surface area contributed by atoms with Crippen molar-refractivity contribution >= 4 is 0 Å². The molecule has 0 radical (unpaired) electrons. The lowest BCUT2D eigenvalue weighted by Crippen LogP contribution is -2.18. The molecule has 0 spiro atoms. The third-order valence-corrected chi connectivity index (χ3v) is 3.03. The molecule has 17 heavy (non-hydrogen) atoms. The van der Waals surface area contributed by atoms with Gasteiger partial charge in [-0.2, -0.15) is 0 Å². The first-order valence-corrected chi connectivity index (χ1v) is 6.01. The van der Waals surface area contributed by atoms with Crippen LogP contribution < -0.4 is 5.32 Å². The second-order valence-corrected chi connectivity index (χ2v) is 4.47. The van der Waals surface area contributed by atoms with Crippen LogP contribution in [0.2, 0.25) is 0 Å². The van der Waals surface area contributed by atoms with Gasteiger partial charge in [-0.3, -0.25) is 0 Å². The van der Waals surface area contributed by atoms with E-state index in [0.717, 1.165) is 18.1 Å². The molecule has 2 rings (SSSR count). The first kappa shape index (κ1) is 11.9. The molecule has 1 N–H and O–H groups in total. The van der Waals surface area contributed by atoms with Crippen LogP contribution in [0.1, 0.15) is 35.6 Å². The fraction of sp³-hybridized carbons (Fsp3) is 0.333. The molecule has 0 aliphatic heterocycles. The zero-order valence-electron chi connectivity index (χ0n) is 10.7. The van der Waals surface area contributed by atoms with Crippen molar-refractivity contribution in [3.8, 4) is 0 Å². The van der Waals surface area contributed by atoms with Crippen molar-refractivity contribution < 1.29 is 4.42 Å². The molecule has 90 valence electrons. The predicted molar refractivity (Wildman–Crippen MR) is 69.9 cm³/mol. The van der Waals surface area contributed by atoms with Gasteiger partial charge in [0.25, 0.3) is 0 Å². The minimum atomic E-state index is 0.335. The summed E-state index contributed by atoms with van der Waals surface area (Å²) < 4.78 is 5.54. The van der Waals surface area contributed by atoms with Gasteiger partial charge in [0.1, 0.15) is 11.5 Å². The zero-order valence-corrected chi connectivity index (χ0v) is 10.7. The molecule has 0 bridgehead atoms. The van der Waals surface area contributed by atoms with E-state index in [-0.39, 0.29) is 0 Å². The number of hydrogen-bond donors (Lipinski definition) is 1. The summed E-state index contributed by atoms with van der Waals surface area (Å²) in [5.74, 6) is 1.95. The summed E-state index contributed by atoms with van der Waals surface area (Å²) in [5, 5.41) is 3.48. The lowest BCUT2D eigenvalue weighted by molar-refractivity contribution is 0.444. The van der Waals surface area contributed by atoms with E-state index in [2.05, 4.69) is 43.4 Å². The zero-order chi connectivity index (χ0) is 12.3. The van der Waals surface area contributed by atoms with Crippen LogP contribution in [0, 0.1) is 13.8 Å². The quantitative estimate of drug-likeness (QED) is 0.863. The molecule has 2 heteroatoms. The van der Waals surface area contributed by atoms with E-state index < -0.39 is 0 Å². The van der Waals surface area contributed by atoms with E-state index in [4.69, 9.17) is 4.42 Å². The van der Waals surface area contributed by atoms with Crippen LogP contribution in [0.15, 0.2) is 40.8 Å². The fourth-order valence-corrected chi connectivity index (χ4v) is 2.02. The van der Waals surface area contributed by atoms with E-state index in [1.165, 1.54) is 11.1 Å². The molecule has 1 aromatic carbocycles. The Morgan fingerprint density at radius 1 is 1.12 bits per heavy atom. The Morgan fingerprint density at radius 3 is 2.53 bits per heavy atom. The van der Waals surface area contributed by atoms with Crippen molar-refractivity contribution in [2.75, 3.05) is 0 Å². The monoisotopic (exact) mass is 229 g/mol. The fourth-order valence-electron chi connectivity index (χ4n) is 2.02. The Hall–Kier alpha value is -1.54. The summed E-state index contributed by atoms with van der Waals surface area (Å²) in [6.45, 7) is 7.06. The summed E-state index contributed by atoms with van der Waals surface area (Å²) >= 11 is 0. The Kier molecular flexibility index (Phi) is 3.64. The highest BCUT2D eigenvalue weighted by atomic mass is 16.3. The Bertz CT molecular complexity index is 487. The number of hydrogen-bond acceptors (Lipinski definition) is 2. The number of rotatable bonds is 4. The summed E-state index contributed by atoms with van der Waals surface area (Å²) in [7, 11) is 0. The highest BCUT2D eigenvalue weighted by Crippen LogP contribution is 2.17. The number of furan rings is 1. The third kappa shape index (κ3) is 2.98. The molecule has 1 heterocycles. The topological polar surface area (TPSA) is 25.2 Å². The minimum absolute atomic E-state index is 0.335. The first-order valence-electron chi connectivity index (χ1n) is 6.01. The van der Waals surface area contributed by atoms with Crippen molar-refractivity contribution in [2.24, 2.45) is 0 Å². The molecule has 1 atom stereocenters. The van der Waals surface area contributed by atoms with Gasteiger partial charge in [-0.1, -0.05) is 24.3 Å². The molecule has 0 amide bonds. The number of aryl methyl sites for hydroxylation is 2. The molecule has 0 aliphatic carbocycles. The molecule has 2 nitrogen and oxygen atoms in total. The molecule has 0 saturated carbocycles. The van der Waals surface area contributed by atoms with E-state index in [1.807, 2.05) is 19.1 Å². The van der Waals surface area contributed by atoms with Crippen LogP contribution >= 0.6 is 0 Å². The molecular weight excluding hydrogens is 210 g/mol. The Balaban J connectivity index is 1.98. The van der Waals surface area contributed by atoms with Crippen molar-refractivity contribution in [1.29, 1.82) is 0 Å². The minimum Gasteiger partial charge on any atom is -0.465 e. The maximum Gasteiger partial charge on any atom is 0.117 e. The van der Waals surface area contributed by atoms with E-state index in [9.17, 15) is 0 Å². The van der Waals surface area contributed by atoms with Gasteiger partial charge in [0.15, 0.2) is 0 Å². The van der Waals surface area contributed by atoms with Crippen molar-refractivity contribution in [1.82, 2.24) is 5.32 Å². The summed E-state index contributed by atoms with van der Waals surface area (Å²) in [5.41, 5.74) is 2.67. The van der Waals surface area contributed by atoms with Gasteiger partial charge < -0.3 is 9.73 Å². The van der Waals surface area contributed by atoms with Gasteiger partial charge >= 0.3 is 0 Å². The second kappa shape index (κ2) is 5.19. The highest BCUT2D eigenvalue weighted by molar-refractivity contribution is 5.28. The van der Waals surface area contributed by atoms with Gasteiger partial charge in [-0.25, -0.2) is 0 Å². The molecule has 2 aromatic rings. The van der Waals surface area contributed by atoms with Crippen LogP contribution in [-0.2, 0) is 6.54 Å². The van der Waals surface area contributed by atoms with Crippen molar-refractivity contribution in [2.45, 2.75) is 33.4 Å². The Morgan fingerprint density at radius 2 is 1.88 bits per heavy atom. The SMILES string of the molecule is Cc1ccc(CN[C@H](C)c2ccccc2C)o1. The molecular formula is C15H19NO. The van der Waals surface area contributed by atoms with Crippen LogP contribution in [0.4, 0.5) is 0 Å². The summed E-state index contributed by atoms with van der Waals surface area (Å²) in [6, 6.07) is 12.8. The average molecular weight is 229 g/mol. The molecule has 0 aliphatic rings. The summed E-state index contributed by atoms with van der Waals surface area (Å²) in [6.07, 6.45) is 0. The number of nitrogens with one attached hydrogen (secondary N) is 1. The highest BCUT2D eigenvalue weighted by Gasteiger charge is 2.08. The molecule has 0 unspecified atom stereocenters.